The number of benzene rings is 1. The van der Waals surface area contributed by atoms with Crippen LogP contribution in [0, 0.1) is 0 Å². The maximum Gasteiger partial charge on any atom is 0.319 e. The summed E-state index contributed by atoms with van der Waals surface area (Å²) in [4.78, 5) is 43.8. The molecule has 0 radical (unpaired) electrons. The fourth-order valence-corrected chi connectivity index (χ4v) is 4.23. The van der Waals surface area contributed by atoms with Crippen LogP contribution in [0.25, 0.3) is 0 Å². The van der Waals surface area contributed by atoms with Crippen LogP contribution in [0.2, 0.25) is 0 Å². The number of para-hydroxylation sites is 1. The second-order valence-electron chi connectivity index (χ2n) is 8.80. The van der Waals surface area contributed by atoms with Crippen LogP contribution in [-0.2, 0) is 4.79 Å². The number of anilines is 1. The Bertz CT molecular complexity index is 789. The van der Waals surface area contributed by atoms with E-state index < -0.39 is 0 Å². The molecule has 1 atom stereocenters. The van der Waals surface area contributed by atoms with Gasteiger partial charge in [-0.05, 0) is 52.2 Å². The average Bonchev–Trinajstić information content (AvgIpc) is 2.74. The van der Waals surface area contributed by atoms with Crippen molar-refractivity contribution in [2.45, 2.75) is 52.1 Å². The molecular weight excluding hydrogens is 394 g/mol. The topological polar surface area (TPSA) is 85.0 Å². The highest BCUT2D eigenvalue weighted by atomic mass is 16.2. The van der Waals surface area contributed by atoms with Gasteiger partial charge < -0.3 is 20.4 Å². The lowest BCUT2D eigenvalue weighted by molar-refractivity contribution is -0.136. The molecule has 2 heterocycles. The zero-order valence-electron chi connectivity index (χ0n) is 18.9. The van der Waals surface area contributed by atoms with Gasteiger partial charge in [-0.1, -0.05) is 12.1 Å². The lowest BCUT2D eigenvalue weighted by Gasteiger charge is -2.38. The highest BCUT2D eigenvalue weighted by Gasteiger charge is 2.28. The molecular formula is C23H35N5O3. The number of carbonyl (C=O) groups excluding carboxylic acids is 3. The Balaban J connectivity index is 1.54. The zero-order chi connectivity index (χ0) is 22.4. The summed E-state index contributed by atoms with van der Waals surface area (Å²) in [6.45, 7) is 9.63. The second-order valence-corrected chi connectivity index (χ2v) is 8.80. The van der Waals surface area contributed by atoms with Crippen molar-refractivity contribution < 1.29 is 14.4 Å². The first-order valence-corrected chi connectivity index (χ1v) is 11.3. The maximum absolute atomic E-state index is 13.1. The highest BCUT2D eigenvalue weighted by Crippen LogP contribution is 2.19. The molecule has 2 saturated heterocycles. The van der Waals surface area contributed by atoms with E-state index in [4.69, 9.17) is 0 Å². The van der Waals surface area contributed by atoms with E-state index in [2.05, 4.69) is 22.5 Å². The largest absolute Gasteiger partial charge is 0.339 e. The van der Waals surface area contributed by atoms with E-state index in [-0.39, 0.29) is 23.9 Å². The number of carbonyl (C=O) groups is 3. The third kappa shape index (κ3) is 6.19. The van der Waals surface area contributed by atoms with Crippen molar-refractivity contribution in [3.8, 4) is 0 Å². The molecule has 8 nitrogen and oxygen atoms in total. The first-order valence-electron chi connectivity index (χ1n) is 11.3. The van der Waals surface area contributed by atoms with Crippen molar-refractivity contribution in [1.29, 1.82) is 0 Å². The molecule has 0 saturated carbocycles. The first-order chi connectivity index (χ1) is 14.8. The third-order valence-electron chi connectivity index (χ3n) is 5.97. The van der Waals surface area contributed by atoms with Gasteiger partial charge in [-0.25, -0.2) is 4.79 Å². The molecule has 2 N–H and O–H groups in total. The van der Waals surface area contributed by atoms with E-state index >= 15 is 0 Å². The van der Waals surface area contributed by atoms with Crippen LogP contribution in [0.5, 0.6) is 0 Å². The summed E-state index contributed by atoms with van der Waals surface area (Å²) in [6.07, 6.45) is 3.36. The van der Waals surface area contributed by atoms with Gasteiger partial charge >= 0.3 is 6.03 Å². The quantitative estimate of drug-likeness (QED) is 0.753. The molecule has 1 aromatic carbocycles. The SMILES string of the molecule is CC(C)NC(=O)Nc1ccccc1C(=O)N1CCN(CC(=O)N2CCCCC2C)CC1. The number of likely N-dealkylation sites (tertiary alicyclic amines) is 1. The predicted molar refractivity (Wildman–Crippen MR) is 121 cm³/mol. The van der Waals surface area contributed by atoms with Crippen LogP contribution in [-0.4, -0.2) is 83.9 Å². The molecule has 0 bridgehead atoms. The number of urea groups is 1. The van der Waals surface area contributed by atoms with E-state index in [0.29, 0.717) is 50.0 Å². The number of nitrogens with zero attached hydrogens (tertiary/aromatic N) is 3. The van der Waals surface area contributed by atoms with E-state index in [0.717, 1.165) is 19.4 Å². The van der Waals surface area contributed by atoms with Gasteiger partial charge in [0.15, 0.2) is 0 Å². The lowest BCUT2D eigenvalue weighted by atomic mass is 10.0. The molecule has 2 fully saturated rings. The van der Waals surface area contributed by atoms with Gasteiger partial charge in [0, 0.05) is 44.8 Å². The highest BCUT2D eigenvalue weighted by molar-refractivity contribution is 6.03. The van der Waals surface area contributed by atoms with Crippen LogP contribution in [0.1, 0.15) is 50.4 Å². The molecule has 1 aromatic rings. The summed E-state index contributed by atoms with van der Waals surface area (Å²) < 4.78 is 0. The van der Waals surface area contributed by atoms with Gasteiger partial charge in [0.05, 0.1) is 17.8 Å². The van der Waals surface area contributed by atoms with Crippen LogP contribution >= 0.6 is 0 Å². The van der Waals surface area contributed by atoms with Gasteiger partial charge in [-0.15, -0.1) is 0 Å². The molecule has 8 heteroatoms. The molecule has 2 aliphatic heterocycles. The average molecular weight is 430 g/mol. The van der Waals surface area contributed by atoms with Crippen LogP contribution < -0.4 is 10.6 Å². The van der Waals surface area contributed by atoms with Gasteiger partial charge in [-0.3, -0.25) is 14.5 Å². The minimum Gasteiger partial charge on any atom is -0.339 e. The van der Waals surface area contributed by atoms with Crippen LogP contribution in [0.3, 0.4) is 0 Å². The molecule has 0 aromatic heterocycles. The summed E-state index contributed by atoms with van der Waals surface area (Å²) in [5.41, 5.74) is 0.982. The van der Waals surface area contributed by atoms with Crippen LogP contribution in [0.4, 0.5) is 10.5 Å². The van der Waals surface area contributed by atoms with Crippen molar-refractivity contribution in [2.24, 2.45) is 0 Å². The Morgan fingerprint density at radius 2 is 1.74 bits per heavy atom. The Morgan fingerprint density at radius 1 is 1.03 bits per heavy atom. The Labute approximate surface area is 184 Å². The lowest BCUT2D eigenvalue weighted by Crippen LogP contribution is -2.53. The summed E-state index contributed by atoms with van der Waals surface area (Å²) in [7, 11) is 0. The molecule has 0 spiro atoms. The maximum atomic E-state index is 13.1. The number of piperazine rings is 1. The number of hydrogen-bond acceptors (Lipinski definition) is 4. The van der Waals surface area contributed by atoms with Gasteiger partial charge in [0.1, 0.15) is 0 Å². The summed E-state index contributed by atoms with van der Waals surface area (Å²) in [5.74, 6) is 0.0914. The second kappa shape index (κ2) is 10.6. The minimum atomic E-state index is -0.328. The smallest absolute Gasteiger partial charge is 0.319 e. The monoisotopic (exact) mass is 429 g/mol. The van der Waals surface area contributed by atoms with Crippen LogP contribution in [0.15, 0.2) is 24.3 Å². The molecule has 31 heavy (non-hydrogen) atoms. The number of amides is 4. The van der Waals surface area contributed by atoms with E-state index in [9.17, 15) is 14.4 Å². The summed E-state index contributed by atoms with van der Waals surface area (Å²) >= 11 is 0. The molecule has 0 aliphatic carbocycles. The van der Waals surface area contributed by atoms with Gasteiger partial charge in [0.25, 0.3) is 5.91 Å². The van der Waals surface area contributed by atoms with Crippen molar-refractivity contribution in [2.75, 3.05) is 44.6 Å². The standard InChI is InChI=1S/C23H35N5O3/c1-17(2)24-23(31)25-20-10-5-4-9-19(20)22(30)27-14-12-26(13-15-27)16-21(29)28-11-7-6-8-18(28)3/h4-5,9-10,17-18H,6-8,11-16H2,1-3H3,(H2,24,25,31). The number of piperidine rings is 1. The first kappa shape index (κ1) is 23.1. The van der Waals surface area contributed by atoms with Crippen molar-refractivity contribution in [3.63, 3.8) is 0 Å². The Kier molecular flexibility index (Phi) is 7.90. The molecule has 2 aliphatic rings. The van der Waals surface area contributed by atoms with E-state index in [1.165, 1.54) is 6.42 Å². The van der Waals surface area contributed by atoms with Crippen molar-refractivity contribution in [1.82, 2.24) is 20.0 Å². The zero-order valence-corrected chi connectivity index (χ0v) is 18.9. The normalized spacial score (nSPS) is 19.9. The Morgan fingerprint density at radius 3 is 2.42 bits per heavy atom. The van der Waals surface area contributed by atoms with Gasteiger partial charge in [0.2, 0.25) is 5.91 Å². The molecule has 1 unspecified atom stereocenters. The number of nitrogens with one attached hydrogen (secondary N) is 2. The van der Waals surface area contributed by atoms with Gasteiger partial charge in [-0.2, -0.15) is 0 Å². The Hall–Kier alpha value is -2.61. The summed E-state index contributed by atoms with van der Waals surface area (Å²) in [5, 5.41) is 5.55. The third-order valence-corrected chi connectivity index (χ3v) is 5.97. The number of rotatable bonds is 5. The fraction of sp³-hybridized carbons (Fsp3) is 0.609. The van der Waals surface area contributed by atoms with E-state index in [1.54, 1.807) is 29.2 Å². The minimum absolute atomic E-state index is 0.00609. The molecule has 3 rings (SSSR count). The van der Waals surface area contributed by atoms with E-state index in [1.807, 2.05) is 18.7 Å². The summed E-state index contributed by atoms with van der Waals surface area (Å²) in [6, 6.07) is 7.07. The fourth-order valence-electron chi connectivity index (χ4n) is 4.23. The molecule has 4 amide bonds. The molecule has 170 valence electrons. The van der Waals surface area contributed by atoms with Crippen molar-refractivity contribution in [3.05, 3.63) is 29.8 Å². The predicted octanol–water partition coefficient (Wildman–Crippen LogP) is 2.38. The van der Waals surface area contributed by atoms with Crippen molar-refractivity contribution >= 4 is 23.5 Å². The number of hydrogen-bond donors (Lipinski definition) is 2.